The first-order chi connectivity index (χ1) is 13.1. The van der Waals surface area contributed by atoms with Gasteiger partial charge in [0, 0.05) is 50.9 Å². The van der Waals surface area contributed by atoms with Crippen molar-refractivity contribution in [1.82, 2.24) is 9.80 Å². The molecule has 1 atom stereocenters. The molecule has 3 nitrogen and oxygen atoms in total. The number of aliphatic hydroxyl groups excluding tert-OH is 1. The molecule has 1 saturated heterocycles. The van der Waals surface area contributed by atoms with Crippen molar-refractivity contribution in [2.45, 2.75) is 25.6 Å². The van der Waals surface area contributed by atoms with E-state index in [0.717, 1.165) is 37.3 Å². The molecule has 1 heterocycles. The van der Waals surface area contributed by atoms with E-state index in [2.05, 4.69) is 15.7 Å². The van der Waals surface area contributed by atoms with Gasteiger partial charge in [0.2, 0.25) is 0 Å². The highest BCUT2D eigenvalue weighted by Crippen LogP contribution is 2.19. The van der Waals surface area contributed by atoms with Gasteiger partial charge in [-0.05, 0) is 41.8 Å². The smallest absolute Gasteiger partial charge is 0.159 e. The lowest BCUT2D eigenvalue weighted by molar-refractivity contribution is 0.0499. The van der Waals surface area contributed by atoms with Gasteiger partial charge in [0.05, 0.1) is 0 Å². The van der Waals surface area contributed by atoms with Crippen LogP contribution in [0.2, 0.25) is 0 Å². The molecule has 0 aliphatic carbocycles. The van der Waals surface area contributed by atoms with Crippen molar-refractivity contribution in [1.29, 1.82) is 0 Å². The Hall–Kier alpha value is -2.26. The van der Waals surface area contributed by atoms with E-state index in [9.17, 15) is 13.9 Å². The summed E-state index contributed by atoms with van der Waals surface area (Å²) in [5, 5.41) is 9.44. The van der Waals surface area contributed by atoms with E-state index in [4.69, 9.17) is 6.42 Å². The van der Waals surface area contributed by atoms with Gasteiger partial charge in [0.25, 0.3) is 0 Å². The normalized spacial score (nSPS) is 18.4. The van der Waals surface area contributed by atoms with Crippen molar-refractivity contribution in [2.24, 2.45) is 0 Å². The minimum absolute atomic E-state index is 0.101. The van der Waals surface area contributed by atoms with Crippen LogP contribution in [0.4, 0.5) is 8.78 Å². The number of halogens is 2. The zero-order chi connectivity index (χ0) is 19.2. The molecule has 0 saturated carbocycles. The predicted octanol–water partition coefficient (Wildman–Crippen LogP) is 3.01. The zero-order valence-electron chi connectivity index (χ0n) is 15.2. The first-order valence-electron chi connectivity index (χ1n) is 9.16. The lowest BCUT2D eigenvalue weighted by atomic mass is 10.1. The van der Waals surface area contributed by atoms with Gasteiger partial charge >= 0.3 is 0 Å². The molecule has 0 spiro atoms. The molecule has 1 N–H and O–H groups in total. The number of piperazine rings is 1. The summed E-state index contributed by atoms with van der Waals surface area (Å²) in [6.07, 6.45) is 6.05. The Labute approximate surface area is 159 Å². The van der Waals surface area contributed by atoms with Gasteiger partial charge in [0.15, 0.2) is 11.6 Å². The standard InChI is InChI=1S/C22H24F2N2O/c1-2-17-3-5-18(6-4-17)14-25-10-11-26(20(16-25)9-12-27)15-19-7-8-21(23)22(24)13-19/h1,3-8,13,20,27H,9-12,14-16H2/t20-/m0/s1. The highest BCUT2D eigenvalue weighted by atomic mass is 19.2. The van der Waals surface area contributed by atoms with Crippen molar-refractivity contribution < 1.29 is 13.9 Å². The number of benzene rings is 2. The molecule has 0 radical (unpaired) electrons. The fraction of sp³-hybridized carbons (Fsp3) is 0.364. The second-order valence-electron chi connectivity index (χ2n) is 6.96. The van der Waals surface area contributed by atoms with E-state index in [0.29, 0.717) is 13.0 Å². The summed E-state index contributed by atoms with van der Waals surface area (Å²) in [7, 11) is 0. The van der Waals surface area contributed by atoms with Crippen molar-refractivity contribution in [3.05, 3.63) is 70.8 Å². The number of terminal acetylenes is 1. The Morgan fingerprint density at radius 3 is 2.41 bits per heavy atom. The maximum absolute atomic E-state index is 13.5. The molecule has 2 aromatic carbocycles. The van der Waals surface area contributed by atoms with Crippen LogP contribution in [-0.2, 0) is 13.1 Å². The van der Waals surface area contributed by atoms with Gasteiger partial charge in [0.1, 0.15) is 0 Å². The zero-order valence-corrected chi connectivity index (χ0v) is 15.2. The van der Waals surface area contributed by atoms with E-state index in [1.807, 2.05) is 24.3 Å². The lowest BCUT2D eigenvalue weighted by Gasteiger charge is -2.41. The fourth-order valence-corrected chi connectivity index (χ4v) is 3.57. The molecule has 0 amide bonds. The monoisotopic (exact) mass is 370 g/mol. The molecule has 27 heavy (non-hydrogen) atoms. The molecular formula is C22H24F2N2O. The SMILES string of the molecule is C#Cc1ccc(CN2CCN(Cc3ccc(F)c(F)c3)[C@@H](CCO)C2)cc1. The van der Waals surface area contributed by atoms with Gasteiger partial charge in [-0.3, -0.25) is 9.80 Å². The van der Waals surface area contributed by atoms with Crippen LogP contribution >= 0.6 is 0 Å². The molecule has 1 fully saturated rings. The number of hydrogen-bond acceptors (Lipinski definition) is 3. The van der Waals surface area contributed by atoms with Crippen molar-refractivity contribution in [2.75, 3.05) is 26.2 Å². The average Bonchev–Trinajstić information content (AvgIpc) is 2.67. The molecule has 142 valence electrons. The lowest BCUT2D eigenvalue weighted by Crippen LogP contribution is -2.52. The van der Waals surface area contributed by atoms with Crippen LogP contribution in [0.5, 0.6) is 0 Å². The van der Waals surface area contributed by atoms with E-state index in [-0.39, 0.29) is 12.6 Å². The van der Waals surface area contributed by atoms with Crippen molar-refractivity contribution in [3.63, 3.8) is 0 Å². The summed E-state index contributed by atoms with van der Waals surface area (Å²) < 4.78 is 26.6. The number of nitrogens with zero attached hydrogens (tertiary/aromatic N) is 2. The third-order valence-electron chi connectivity index (χ3n) is 5.05. The van der Waals surface area contributed by atoms with Gasteiger partial charge in [-0.2, -0.15) is 0 Å². The van der Waals surface area contributed by atoms with Crippen LogP contribution in [0, 0.1) is 24.0 Å². The summed E-state index contributed by atoms with van der Waals surface area (Å²) >= 11 is 0. The summed E-state index contributed by atoms with van der Waals surface area (Å²) in [5.74, 6) is 0.973. The Balaban J connectivity index is 1.63. The predicted molar refractivity (Wildman–Crippen MR) is 102 cm³/mol. The topological polar surface area (TPSA) is 26.7 Å². The molecule has 1 aliphatic heterocycles. The van der Waals surface area contributed by atoms with Crippen LogP contribution in [-0.4, -0.2) is 47.2 Å². The molecule has 0 bridgehead atoms. The van der Waals surface area contributed by atoms with Crippen molar-refractivity contribution >= 4 is 0 Å². The van der Waals surface area contributed by atoms with Crippen molar-refractivity contribution in [3.8, 4) is 12.3 Å². The number of hydrogen-bond donors (Lipinski definition) is 1. The van der Waals surface area contributed by atoms with Crippen LogP contribution < -0.4 is 0 Å². The van der Waals surface area contributed by atoms with Crippen LogP contribution in [0.25, 0.3) is 0 Å². The first kappa shape index (κ1) is 19.5. The second-order valence-corrected chi connectivity index (χ2v) is 6.96. The number of aliphatic hydroxyl groups is 1. The quantitative estimate of drug-likeness (QED) is 0.792. The summed E-state index contributed by atoms with van der Waals surface area (Å²) in [6, 6.07) is 12.2. The average molecular weight is 370 g/mol. The maximum Gasteiger partial charge on any atom is 0.159 e. The van der Waals surface area contributed by atoms with Crippen LogP contribution in [0.15, 0.2) is 42.5 Å². The molecule has 2 aromatic rings. The molecule has 1 aliphatic rings. The third-order valence-corrected chi connectivity index (χ3v) is 5.05. The summed E-state index contributed by atoms with van der Waals surface area (Å²) in [4.78, 5) is 4.59. The van der Waals surface area contributed by atoms with Crippen LogP contribution in [0.1, 0.15) is 23.1 Å². The van der Waals surface area contributed by atoms with E-state index in [1.54, 1.807) is 6.07 Å². The van der Waals surface area contributed by atoms with Gasteiger partial charge in [-0.15, -0.1) is 6.42 Å². The molecule has 0 aromatic heterocycles. The highest BCUT2D eigenvalue weighted by molar-refractivity contribution is 5.34. The van der Waals surface area contributed by atoms with Gasteiger partial charge in [-0.25, -0.2) is 8.78 Å². The fourth-order valence-electron chi connectivity index (χ4n) is 3.57. The minimum Gasteiger partial charge on any atom is -0.396 e. The molecule has 3 rings (SSSR count). The van der Waals surface area contributed by atoms with Gasteiger partial charge < -0.3 is 5.11 Å². The summed E-state index contributed by atoms with van der Waals surface area (Å²) in [6.45, 7) is 3.98. The largest absolute Gasteiger partial charge is 0.396 e. The Kier molecular flexibility index (Phi) is 6.57. The maximum atomic E-state index is 13.5. The Bertz CT molecular complexity index is 801. The third kappa shape index (κ3) is 5.14. The first-order valence-corrected chi connectivity index (χ1v) is 9.16. The van der Waals surface area contributed by atoms with E-state index < -0.39 is 11.6 Å². The van der Waals surface area contributed by atoms with E-state index in [1.165, 1.54) is 17.7 Å². The highest BCUT2D eigenvalue weighted by Gasteiger charge is 2.26. The number of rotatable bonds is 6. The molecule has 0 unspecified atom stereocenters. The van der Waals surface area contributed by atoms with E-state index >= 15 is 0 Å². The second kappa shape index (κ2) is 9.09. The molecular weight excluding hydrogens is 346 g/mol. The Morgan fingerprint density at radius 1 is 1.00 bits per heavy atom. The minimum atomic E-state index is -0.827. The molecule has 5 heteroatoms. The van der Waals surface area contributed by atoms with Crippen LogP contribution in [0.3, 0.4) is 0 Å². The Morgan fingerprint density at radius 2 is 1.74 bits per heavy atom. The summed E-state index contributed by atoms with van der Waals surface area (Å²) in [5.41, 5.74) is 2.81. The van der Waals surface area contributed by atoms with Gasteiger partial charge in [-0.1, -0.05) is 24.1 Å².